The first-order valence-corrected chi connectivity index (χ1v) is 9.89. The van der Waals surface area contributed by atoms with Crippen molar-refractivity contribution in [1.29, 1.82) is 0 Å². The van der Waals surface area contributed by atoms with Crippen LogP contribution in [0.4, 0.5) is 0 Å². The highest BCUT2D eigenvalue weighted by Gasteiger charge is 2.37. The third-order valence-electron chi connectivity index (χ3n) is 6.18. The van der Waals surface area contributed by atoms with Crippen LogP contribution < -0.4 is 5.32 Å². The Morgan fingerprint density at radius 3 is 2.62 bits per heavy atom. The third-order valence-corrected chi connectivity index (χ3v) is 6.18. The first-order valence-electron chi connectivity index (χ1n) is 9.89. The first-order chi connectivity index (χ1) is 12.2. The molecule has 5 heteroatoms. The van der Waals surface area contributed by atoms with E-state index < -0.39 is 0 Å². The third kappa shape index (κ3) is 3.96. The quantitative estimate of drug-likeness (QED) is 0.820. The molecule has 1 aliphatic carbocycles. The summed E-state index contributed by atoms with van der Waals surface area (Å²) in [6, 6.07) is 6.85. The number of carbonyl (C=O) groups is 2. The second-order valence-electron chi connectivity index (χ2n) is 7.79. The van der Waals surface area contributed by atoms with E-state index in [0.29, 0.717) is 24.9 Å². The van der Waals surface area contributed by atoms with Crippen LogP contribution in [-0.4, -0.2) is 41.8 Å². The molecule has 2 unspecified atom stereocenters. The molecular formula is C21H29ClN2O2. The standard InChI is InChI=1S/C21H28N2O2.ClH/c24-20(17-6-5-15-3-1-2-4-16(15)13-17)9-10-21(25)23-18-7-8-19(23)14-22-12-11-18;/h5-6,13,18-19,22H,1-4,7-12,14H2;1H. The molecule has 142 valence electrons. The van der Waals surface area contributed by atoms with Gasteiger partial charge in [-0.2, -0.15) is 0 Å². The van der Waals surface area contributed by atoms with E-state index in [2.05, 4.69) is 22.3 Å². The van der Waals surface area contributed by atoms with Crippen LogP contribution in [0.15, 0.2) is 18.2 Å². The van der Waals surface area contributed by atoms with E-state index in [1.807, 2.05) is 6.07 Å². The van der Waals surface area contributed by atoms with Gasteiger partial charge in [-0.05, 0) is 68.7 Å². The highest BCUT2D eigenvalue weighted by molar-refractivity contribution is 5.98. The number of fused-ring (bicyclic) bond motifs is 3. The fourth-order valence-corrected chi connectivity index (χ4v) is 4.79. The van der Waals surface area contributed by atoms with E-state index in [0.717, 1.165) is 50.8 Å². The van der Waals surface area contributed by atoms with Crippen molar-refractivity contribution >= 4 is 24.1 Å². The van der Waals surface area contributed by atoms with Gasteiger partial charge in [0.25, 0.3) is 0 Å². The summed E-state index contributed by atoms with van der Waals surface area (Å²) in [5.74, 6) is 0.282. The second-order valence-corrected chi connectivity index (χ2v) is 7.79. The molecule has 0 spiro atoms. The number of amides is 1. The Labute approximate surface area is 162 Å². The fourth-order valence-electron chi connectivity index (χ4n) is 4.79. The van der Waals surface area contributed by atoms with E-state index in [4.69, 9.17) is 0 Å². The van der Waals surface area contributed by atoms with Gasteiger partial charge in [-0.1, -0.05) is 12.1 Å². The largest absolute Gasteiger partial charge is 0.335 e. The molecule has 0 aromatic heterocycles. The lowest BCUT2D eigenvalue weighted by Crippen LogP contribution is -2.42. The molecule has 2 atom stereocenters. The number of nitrogens with zero attached hydrogens (tertiary/aromatic N) is 1. The Kier molecular flexibility index (Phi) is 6.36. The summed E-state index contributed by atoms with van der Waals surface area (Å²) in [5.41, 5.74) is 3.52. The Morgan fingerprint density at radius 2 is 1.77 bits per heavy atom. The van der Waals surface area contributed by atoms with Crippen molar-refractivity contribution in [2.45, 2.75) is 69.9 Å². The van der Waals surface area contributed by atoms with Crippen molar-refractivity contribution in [1.82, 2.24) is 10.2 Å². The minimum Gasteiger partial charge on any atom is -0.335 e. The molecule has 0 radical (unpaired) electrons. The lowest BCUT2D eigenvalue weighted by atomic mass is 9.89. The lowest BCUT2D eigenvalue weighted by Gasteiger charge is -2.28. The molecule has 2 aliphatic heterocycles. The first kappa shape index (κ1) is 19.4. The van der Waals surface area contributed by atoms with Gasteiger partial charge in [-0.25, -0.2) is 0 Å². The molecule has 4 nitrogen and oxygen atoms in total. The van der Waals surface area contributed by atoms with Crippen LogP contribution >= 0.6 is 12.4 Å². The minimum absolute atomic E-state index is 0. The second kappa shape index (κ2) is 8.53. The van der Waals surface area contributed by atoms with Gasteiger partial charge in [0.2, 0.25) is 5.91 Å². The van der Waals surface area contributed by atoms with Crippen molar-refractivity contribution in [3.63, 3.8) is 0 Å². The van der Waals surface area contributed by atoms with E-state index in [1.165, 1.54) is 24.0 Å². The molecule has 2 fully saturated rings. The zero-order valence-corrected chi connectivity index (χ0v) is 16.2. The van der Waals surface area contributed by atoms with E-state index in [-0.39, 0.29) is 24.1 Å². The number of nitrogens with one attached hydrogen (secondary N) is 1. The van der Waals surface area contributed by atoms with E-state index in [1.54, 1.807) is 0 Å². The highest BCUT2D eigenvalue weighted by atomic mass is 35.5. The van der Waals surface area contributed by atoms with Crippen LogP contribution in [0, 0.1) is 0 Å². The molecule has 3 aliphatic rings. The summed E-state index contributed by atoms with van der Waals surface area (Å²) in [6.45, 7) is 1.90. The molecule has 1 aromatic carbocycles. The Hall–Kier alpha value is -1.39. The molecule has 1 amide bonds. The summed E-state index contributed by atoms with van der Waals surface area (Å²) >= 11 is 0. The lowest BCUT2D eigenvalue weighted by molar-refractivity contribution is -0.133. The monoisotopic (exact) mass is 376 g/mol. The highest BCUT2D eigenvalue weighted by Crippen LogP contribution is 2.29. The fraction of sp³-hybridized carbons (Fsp3) is 0.619. The number of Topliss-reactive ketones (excluding diaryl/α,β-unsaturated/α-hetero) is 1. The van der Waals surface area contributed by atoms with Gasteiger partial charge in [-0.15, -0.1) is 12.4 Å². The topological polar surface area (TPSA) is 49.4 Å². The van der Waals surface area contributed by atoms with Gasteiger partial charge in [-0.3, -0.25) is 9.59 Å². The van der Waals surface area contributed by atoms with Gasteiger partial charge >= 0.3 is 0 Å². The van der Waals surface area contributed by atoms with Crippen molar-refractivity contribution < 1.29 is 9.59 Å². The van der Waals surface area contributed by atoms with E-state index in [9.17, 15) is 9.59 Å². The van der Waals surface area contributed by atoms with Gasteiger partial charge in [0, 0.05) is 37.0 Å². The smallest absolute Gasteiger partial charge is 0.223 e. The summed E-state index contributed by atoms with van der Waals surface area (Å²) in [6.07, 6.45) is 8.63. The zero-order chi connectivity index (χ0) is 17.2. The van der Waals surface area contributed by atoms with Crippen molar-refractivity contribution in [3.8, 4) is 0 Å². The van der Waals surface area contributed by atoms with Crippen molar-refractivity contribution in [3.05, 3.63) is 34.9 Å². The number of ketones is 1. The average Bonchev–Trinajstić information content (AvgIpc) is 2.91. The van der Waals surface area contributed by atoms with E-state index >= 15 is 0 Å². The summed E-state index contributed by atoms with van der Waals surface area (Å²) < 4.78 is 0. The number of hydrogen-bond acceptors (Lipinski definition) is 3. The van der Waals surface area contributed by atoms with Crippen LogP contribution in [-0.2, 0) is 17.6 Å². The number of halogens is 1. The molecular weight excluding hydrogens is 348 g/mol. The number of aryl methyl sites for hydroxylation is 2. The molecule has 2 heterocycles. The van der Waals surface area contributed by atoms with Crippen molar-refractivity contribution in [2.24, 2.45) is 0 Å². The number of rotatable bonds is 4. The maximum Gasteiger partial charge on any atom is 0.223 e. The van der Waals surface area contributed by atoms with Gasteiger partial charge < -0.3 is 10.2 Å². The molecule has 1 aromatic rings. The molecule has 26 heavy (non-hydrogen) atoms. The van der Waals surface area contributed by atoms with Crippen molar-refractivity contribution in [2.75, 3.05) is 13.1 Å². The van der Waals surface area contributed by atoms with Crippen LogP contribution in [0.25, 0.3) is 0 Å². The van der Waals surface area contributed by atoms with Crippen LogP contribution in [0.2, 0.25) is 0 Å². The predicted octanol–water partition coefficient (Wildman–Crippen LogP) is 3.30. The molecule has 4 rings (SSSR count). The van der Waals surface area contributed by atoms with Gasteiger partial charge in [0.1, 0.15) is 0 Å². The zero-order valence-electron chi connectivity index (χ0n) is 15.3. The Morgan fingerprint density at radius 1 is 1.00 bits per heavy atom. The normalized spacial score (nSPS) is 24.4. The maximum absolute atomic E-state index is 12.7. The van der Waals surface area contributed by atoms with Crippen LogP contribution in [0.3, 0.4) is 0 Å². The Balaban J connectivity index is 0.00000196. The average molecular weight is 377 g/mol. The summed E-state index contributed by atoms with van der Waals surface area (Å²) in [5, 5.41) is 3.42. The molecule has 1 N–H and O–H groups in total. The molecule has 0 saturated carbocycles. The minimum atomic E-state index is 0. The summed E-state index contributed by atoms with van der Waals surface area (Å²) in [4.78, 5) is 27.4. The summed E-state index contributed by atoms with van der Waals surface area (Å²) in [7, 11) is 0. The van der Waals surface area contributed by atoms with Gasteiger partial charge in [0.05, 0.1) is 0 Å². The maximum atomic E-state index is 12.7. The van der Waals surface area contributed by atoms with Crippen LogP contribution in [0.1, 0.15) is 66.4 Å². The SMILES string of the molecule is Cl.O=C(CCC(=O)N1C2CCNCC1CC2)c1ccc2c(c1)CCCC2. The predicted molar refractivity (Wildman–Crippen MR) is 105 cm³/mol. The molecule has 2 bridgehead atoms. The van der Waals surface area contributed by atoms with Gasteiger partial charge in [0.15, 0.2) is 5.78 Å². The number of hydrogen-bond donors (Lipinski definition) is 1. The molecule has 2 saturated heterocycles. The van der Waals surface area contributed by atoms with Crippen LogP contribution in [0.5, 0.6) is 0 Å². The number of benzene rings is 1. The number of carbonyl (C=O) groups excluding carboxylic acids is 2. The Bertz CT molecular complexity index is 662.